The van der Waals surface area contributed by atoms with Gasteiger partial charge >= 0.3 is 0 Å². The molecular formula is C22H29N5O5Si. The summed E-state index contributed by atoms with van der Waals surface area (Å²) in [6, 6.07) is 6.76. The fraction of sp³-hybridized carbons (Fsp3) is 0.409. The van der Waals surface area contributed by atoms with Gasteiger partial charge in [0.15, 0.2) is 5.65 Å². The van der Waals surface area contributed by atoms with Gasteiger partial charge in [-0.1, -0.05) is 25.7 Å². The Balaban J connectivity index is 1.90. The molecule has 0 fully saturated rings. The van der Waals surface area contributed by atoms with Crippen LogP contribution >= 0.6 is 0 Å². The second-order valence-corrected chi connectivity index (χ2v) is 14.8. The van der Waals surface area contributed by atoms with Crippen LogP contribution in [0.5, 0.6) is 11.6 Å². The predicted molar refractivity (Wildman–Crippen MR) is 127 cm³/mol. The number of hydrogen-bond donors (Lipinski definition) is 1. The van der Waals surface area contributed by atoms with Crippen molar-refractivity contribution in [2.75, 3.05) is 6.61 Å². The number of nitrogens with zero attached hydrogens (tertiary/aromatic N) is 4. The van der Waals surface area contributed by atoms with E-state index in [1.807, 2.05) is 13.8 Å². The average Bonchev–Trinajstić information content (AvgIpc) is 3.08. The molecule has 0 aliphatic rings. The average molecular weight is 472 g/mol. The number of fused-ring (bicyclic) bond motifs is 1. The van der Waals surface area contributed by atoms with Gasteiger partial charge in [-0.05, 0) is 26.0 Å². The Morgan fingerprint density at radius 1 is 1.30 bits per heavy atom. The molecule has 11 heteroatoms. The van der Waals surface area contributed by atoms with Crippen molar-refractivity contribution in [3.8, 4) is 11.6 Å². The largest absolute Gasteiger partial charge is 0.437 e. The number of amides is 1. The first kappa shape index (κ1) is 24.3. The van der Waals surface area contributed by atoms with Crippen molar-refractivity contribution < 1.29 is 19.2 Å². The van der Waals surface area contributed by atoms with Gasteiger partial charge in [0, 0.05) is 33.0 Å². The summed E-state index contributed by atoms with van der Waals surface area (Å²) < 4.78 is 13.3. The van der Waals surface area contributed by atoms with E-state index in [9.17, 15) is 14.9 Å². The number of nitro benzene ring substituents is 1. The van der Waals surface area contributed by atoms with Crippen molar-refractivity contribution in [3.05, 3.63) is 52.3 Å². The molecule has 0 aliphatic heterocycles. The van der Waals surface area contributed by atoms with Crippen LogP contribution in [0.1, 0.15) is 24.2 Å². The lowest BCUT2D eigenvalue weighted by Gasteiger charge is -2.15. The normalized spacial score (nSPS) is 11.7. The van der Waals surface area contributed by atoms with E-state index < -0.39 is 13.0 Å². The standard InChI is InChI=1S/C22H29N5O5Si/c1-15(2)24-22(28)18-13-26(14-31-9-10-33(3,4)5)21-20(18)25-19(12-23-21)32-17-8-6-7-16(11-17)27(29)30/h6-8,11-13,15H,9-10,14H2,1-5H3,(H,24,28). The lowest BCUT2D eigenvalue weighted by Crippen LogP contribution is -2.30. The molecule has 33 heavy (non-hydrogen) atoms. The molecule has 1 N–H and O–H groups in total. The van der Waals surface area contributed by atoms with Crippen molar-refractivity contribution in [3.63, 3.8) is 0 Å². The third kappa shape index (κ3) is 6.59. The highest BCUT2D eigenvalue weighted by molar-refractivity contribution is 6.76. The molecule has 0 spiro atoms. The zero-order chi connectivity index (χ0) is 24.2. The number of ether oxygens (including phenoxy) is 2. The van der Waals surface area contributed by atoms with Gasteiger partial charge < -0.3 is 19.4 Å². The molecule has 3 aromatic rings. The number of carbonyl (C=O) groups is 1. The second kappa shape index (κ2) is 10.1. The van der Waals surface area contributed by atoms with E-state index in [2.05, 4.69) is 34.9 Å². The highest BCUT2D eigenvalue weighted by Crippen LogP contribution is 2.26. The van der Waals surface area contributed by atoms with Gasteiger partial charge in [0.05, 0.1) is 22.7 Å². The SMILES string of the molecule is CC(C)NC(=O)c1cn(COCC[Si](C)(C)C)c2ncc(Oc3cccc([N+](=O)[O-])c3)nc12. The number of hydrogen-bond acceptors (Lipinski definition) is 7. The number of nitrogens with one attached hydrogen (secondary N) is 1. The Labute approximate surface area is 193 Å². The van der Waals surface area contributed by atoms with Crippen molar-refractivity contribution in [1.29, 1.82) is 0 Å². The van der Waals surface area contributed by atoms with Gasteiger partial charge in [0.2, 0.25) is 5.88 Å². The maximum Gasteiger partial charge on any atom is 0.273 e. The summed E-state index contributed by atoms with van der Waals surface area (Å²) in [6.45, 7) is 11.5. The predicted octanol–water partition coefficient (Wildman–Crippen LogP) is 4.58. The summed E-state index contributed by atoms with van der Waals surface area (Å²) in [4.78, 5) is 32.2. The number of nitro groups is 1. The molecule has 1 aromatic carbocycles. The van der Waals surface area contributed by atoms with Gasteiger partial charge in [-0.3, -0.25) is 14.9 Å². The third-order valence-electron chi connectivity index (χ3n) is 4.69. The molecule has 2 heterocycles. The summed E-state index contributed by atoms with van der Waals surface area (Å²) >= 11 is 0. The first-order valence-electron chi connectivity index (χ1n) is 10.7. The van der Waals surface area contributed by atoms with Crippen molar-refractivity contribution in [2.24, 2.45) is 0 Å². The van der Waals surface area contributed by atoms with Crippen LogP contribution in [0.2, 0.25) is 25.7 Å². The first-order valence-corrected chi connectivity index (χ1v) is 14.4. The highest BCUT2D eigenvalue weighted by atomic mass is 28.3. The van der Waals surface area contributed by atoms with Crippen LogP contribution in [0.3, 0.4) is 0 Å². The van der Waals surface area contributed by atoms with E-state index >= 15 is 0 Å². The quantitative estimate of drug-likeness (QED) is 0.199. The van der Waals surface area contributed by atoms with E-state index in [0.29, 0.717) is 23.3 Å². The fourth-order valence-corrected chi connectivity index (χ4v) is 3.77. The molecule has 2 aromatic heterocycles. The molecule has 3 rings (SSSR count). The van der Waals surface area contributed by atoms with Crippen molar-refractivity contribution in [1.82, 2.24) is 19.9 Å². The van der Waals surface area contributed by atoms with Crippen LogP contribution in [0, 0.1) is 10.1 Å². The van der Waals surface area contributed by atoms with Gasteiger partial charge in [-0.25, -0.2) is 9.97 Å². The lowest BCUT2D eigenvalue weighted by atomic mass is 10.2. The number of non-ortho nitro benzene ring substituents is 1. The Morgan fingerprint density at radius 2 is 2.06 bits per heavy atom. The molecule has 10 nitrogen and oxygen atoms in total. The summed E-state index contributed by atoms with van der Waals surface area (Å²) in [5, 5.41) is 13.9. The monoisotopic (exact) mass is 471 g/mol. The smallest absolute Gasteiger partial charge is 0.273 e. The topological polar surface area (TPSA) is 121 Å². The minimum atomic E-state index is -1.22. The zero-order valence-electron chi connectivity index (χ0n) is 19.5. The summed E-state index contributed by atoms with van der Waals surface area (Å²) in [5.74, 6) is 0.0942. The molecule has 0 bridgehead atoms. The zero-order valence-corrected chi connectivity index (χ0v) is 20.5. The van der Waals surface area contributed by atoms with Crippen LogP contribution in [0.4, 0.5) is 5.69 Å². The Kier molecular flexibility index (Phi) is 7.44. The summed E-state index contributed by atoms with van der Waals surface area (Å²) in [7, 11) is -1.22. The minimum Gasteiger partial charge on any atom is -0.437 e. The molecule has 0 saturated heterocycles. The Hall–Kier alpha value is -3.31. The number of rotatable bonds is 10. The molecule has 1 amide bonds. The molecule has 0 aliphatic carbocycles. The molecule has 176 valence electrons. The Bertz CT molecular complexity index is 1160. The first-order chi connectivity index (χ1) is 15.5. The van der Waals surface area contributed by atoms with Gasteiger partial charge in [0.25, 0.3) is 11.6 Å². The van der Waals surface area contributed by atoms with Gasteiger partial charge in [-0.2, -0.15) is 0 Å². The van der Waals surface area contributed by atoms with Crippen LogP contribution in [0.15, 0.2) is 36.7 Å². The molecule has 0 saturated carbocycles. The Morgan fingerprint density at radius 3 is 2.73 bits per heavy atom. The minimum absolute atomic E-state index is 0.0545. The van der Waals surface area contributed by atoms with E-state index in [0.717, 1.165) is 6.04 Å². The van der Waals surface area contributed by atoms with Crippen molar-refractivity contribution in [2.45, 2.75) is 52.3 Å². The van der Waals surface area contributed by atoms with E-state index in [-0.39, 0.29) is 36.0 Å². The lowest BCUT2D eigenvalue weighted by molar-refractivity contribution is -0.384. The molecular weight excluding hydrogens is 442 g/mol. The molecule has 0 atom stereocenters. The number of aromatic nitrogens is 3. The van der Waals surface area contributed by atoms with E-state index in [4.69, 9.17) is 9.47 Å². The van der Waals surface area contributed by atoms with Crippen LogP contribution in [-0.4, -0.2) is 46.1 Å². The molecule has 0 unspecified atom stereocenters. The fourth-order valence-electron chi connectivity index (χ4n) is 3.01. The molecule has 0 radical (unpaired) electrons. The summed E-state index contributed by atoms with van der Waals surface area (Å²) in [6.07, 6.45) is 3.10. The third-order valence-corrected chi connectivity index (χ3v) is 6.39. The maximum atomic E-state index is 12.8. The van der Waals surface area contributed by atoms with Crippen molar-refractivity contribution >= 4 is 30.8 Å². The number of benzene rings is 1. The maximum absolute atomic E-state index is 12.8. The van der Waals surface area contributed by atoms with Crippen LogP contribution < -0.4 is 10.1 Å². The number of carbonyl (C=O) groups excluding carboxylic acids is 1. The van der Waals surface area contributed by atoms with Gasteiger partial charge in [0.1, 0.15) is 18.0 Å². The highest BCUT2D eigenvalue weighted by Gasteiger charge is 2.20. The van der Waals surface area contributed by atoms with E-state index in [1.54, 1.807) is 16.8 Å². The second-order valence-electron chi connectivity index (χ2n) is 9.23. The van der Waals surface area contributed by atoms with Crippen LogP contribution in [0.25, 0.3) is 11.2 Å². The van der Waals surface area contributed by atoms with Crippen LogP contribution in [-0.2, 0) is 11.5 Å². The van der Waals surface area contributed by atoms with Gasteiger partial charge in [-0.15, -0.1) is 0 Å². The van der Waals surface area contributed by atoms with E-state index in [1.165, 1.54) is 24.4 Å². The summed E-state index contributed by atoms with van der Waals surface area (Å²) in [5.41, 5.74) is 1.11.